The Hall–Kier alpha value is -5.31. The Morgan fingerprint density at radius 2 is 1.76 bits per heavy atom. The first-order valence-corrected chi connectivity index (χ1v) is 14.3. The Balaban J connectivity index is 1.26. The summed E-state index contributed by atoms with van der Waals surface area (Å²) in [5.41, 5.74) is 0.264. The lowest BCUT2D eigenvalue weighted by Gasteiger charge is -2.16. The number of hydrogen-bond acceptors (Lipinski definition) is 5. The molecule has 0 saturated heterocycles. The smallest absolute Gasteiger partial charge is 0.335 e. The first-order chi connectivity index (χ1) is 22.1. The first kappa shape index (κ1) is 30.7. The molecule has 1 saturated carbocycles. The lowest BCUT2D eigenvalue weighted by atomic mass is 10.0. The number of carboxylic acid groups (broad SMARTS) is 1. The zero-order chi connectivity index (χ0) is 32.6. The third kappa shape index (κ3) is 6.26. The Kier molecular flexibility index (Phi) is 8.17. The largest absolute Gasteiger partial charge is 0.478 e. The summed E-state index contributed by atoms with van der Waals surface area (Å²) in [6.07, 6.45) is -0.993. The first-order valence-electron chi connectivity index (χ1n) is 14.3. The number of ether oxygens (including phenoxy) is 1. The predicted molar refractivity (Wildman–Crippen MR) is 157 cm³/mol. The van der Waals surface area contributed by atoms with Crippen LogP contribution in [-0.2, 0) is 19.6 Å². The molecular weight excluding hydrogens is 607 g/mol. The molecule has 2 aromatic heterocycles. The average Bonchev–Trinajstić information content (AvgIpc) is 3.71. The molecule has 12 heteroatoms. The van der Waals surface area contributed by atoms with Crippen LogP contribution < -0.4 is 4.74 Å². The number of nitrogens with zero attached hydrogens (tertiary/aromatic N) is 4. The van der Waals surface area contributed by atoms with Crippen LogP contribution in [0, 0.1) is 34.2 Å². The van der Waals surface area contributed by atoms with Gasteiger partial charge in [0.15, 0.2) is 0 Å². The van der Waals surface area contributed by atoms with Crippen LogP contribution in [0.4, 0.5) is 22.0 Å². The fraction of sp³-hybridized carbons (Fsp3) is 0.235. The molecule has 0 spiro atoms. The monoisotopic (exact) mass is 632 g/mol. The number of pyridine rings is 1. The number of nitriles is 1. The third-order valence-electron chi connectivity index (χ3n) is 8.17. The normalized spacial score (nSPS) is 13.6. The van der Waals surface area contributed by atoms with E-state index in [4.69, 9.17) is 4.74 Å². The van der Waals surface area contributed by atoms with Crippen molar-refractivity contribution in [1.82, 2.24) is 14.5 Å². The van der Waals surface area contributed by atoms with Crippen LogP contribution in [0.3, 0.4) is 0 Å². The van der Waals surface area contributed by atoms with E-state index in [1.807, 2.05) is 0 Å². The average molecular weight is 633 g/mol. The fourth-order valence-corrected chi connectivity index (χ4v) is 5.39. The Morgan fingerprint density at radius 1 is 0.978 bits per heavy atom. The minimum atomic E-state index is -2.82. The molecular formula is C34H25F5N4O3. The van der Waals surface area contributed by atoms with E-state index >= 15 is 8.78 Å². The second-order valence-electron chi connectivity index (χ2n) is 11.4. The van der Waals surface area contributed by atoms with Gasteiger partial charge in [-0.2, -0.15) is 5.26 Å². The van der Waals surface area contributed by atoms with E-state index in [9.17, 15) is 28.3 Å². The second kappa shape index (κ2) is 12.2. The summed E-state index contributed by atoms with van der Waals surface area (Å²) < 4.78 is 78.2. The molecule has 234 valence electrons. The van der Waals surface area contributed by atoms with E-state index in [1.165, 1.54) is 36.4 Å². The molecule has 5 aromatic rings. The van der Waals surface area contributed by atoms with Crippen molar-refractivity contribution in [3.8, 4) is 23.2 Å². The molecule has 1 N–H and O–H groups in total. The van der Waals surface area contributed by atoms with Gasteiger partial charge < -0.3 is 14.4 Å². The summed E-state index contributed by atoms with van der Waals surface area (Å²) in [6, 6.07) is 16.1. The molecule has 0 amide bonds. The number of imidazole rings is 1. The van der Waals surface area contributed by atoms with Crippen LogP contribution in [0.5, 0.6) is 5.88 Å². The van der Waals surface area contributed by atoms with Gasteiger partial charge >= 0.3 is 5.97 Å². The molecule has 0 aliphatic heterocycles. The quantitative estimate of drug-likeness (QED) is 0.148. The van der Waals surface area contributed by atoms with Crippen molar-refractivity contribution in [2.75, 3.05) is 0 Å². The third-order valence-corrected chi connectivity index (χ3v) is 8.17. The van der Waals surface area contributed by atoms with Crippen LogP contribution in [-0.4, -0.2) is 25.6 Å². The number of hydrogen-bond donors (Lipinski definition) is 1. The van der Waals surface area contributed by atoms with Gasteiger partial charge in [-0.15, -0.1) is 0 Å². The molecule has 6 rings (SSSR count). The molecule has 0 atom stereocenters. The Bertz CT molecular complexity index is 2020. The summed E-state index contributed by atoms with van der Waals surface area (Å²) in [6.45, 7) is 0.0564. The summed E-state index contributed by atoms with van der Waals surface area (Å²) >= 11 is 0. The van der Waals surface area contributed by atoms with Crippen molar-refractivity contribution < 1.29 is 36.6 Å². The number of carbonyl (C=O) groups is 1. The van der Waals surface area contributed by atoms with Crippen molar-refractivity contribution in [1.29, 1.82) is 5.26 Å². The van der Waals surface area contributed by atoms with Crippen LogP contribution >= 0.6 is 0 Å². The van der Waals surface area contributed by atoms with E-state index in [0.29, 0.717) is 29.8 Å². The highest BCUT2D eigenvalue weighted by atomic mass is 19.3. The maximum absolute atomic E-state index is 15.6. The van der Waals surface area contributed by atoms with Gasteiger partial charge in [0.2, 0.25) is 5.88 Å². The molecule has 1 fully saturated rings. The predicted octanol–water partition coefficient (Wildman–Crippen LogP) is 8.02. The van der Waals surface area contributed by atoms with E-state index in [1.54, 1.807) is 10.6 Å². The van der Waals surface area contributed by atoms with E-state index in [0.717, 1.165) is 37.1 Å². The van der Waals surface area contributed by atoms with Crippen molar-refractivity contribution in [3.05, 3.63) is 112 Å². The van der Waals surface area contributed by atoms with Gasteiger partial charge in [0, 0.05) is 47.6 Å². The van der Waals surface area contributed by atoms with E-state index in [-0.39, 0.29) is 52.3 Å². The molecule has 2 heterocycles. The zero-order valence-corrected chi connectivity index (χ0v) is 24.1. The minimum Gasteiger partial charge on any atom is -0.478 e. The number of aromatic carboxylic acids is 1. The minimum absolute atomic E-state index is 0.0107. The number of fused-ring (bicyclic) bond motifs is 1. The van der Waals surface area contributed by atoms with Crippen molar-refractivity contribution in [3.63, 3.8) is 0 Å². The van der Waals surface area contributed by atoms with Crippen molar-refractivity contribution in [2.45, 2.75) is 45.3 Å². The topological polar surface area (TPSA) is 101 Å². The molecule has 1 aliphatic rings. The Labute approximate surface area is 259 Å². The number of benzene rings is 3. The number of rotatable bonds is 11. The highest BCUT2D eigenvalue weighted by Gasteiger charge is 2.43. The van der Waals surface area contributed by atoms with Crippen LogP contribution in [0.2, 0.25) is 0 Å². The van der Waals surface area contributed by atoms with Crippen molar-refractivity contribution in [2.24, 2.45) is 5.41 Å². The second-order valence-corrected chi connectivity index (χ2v) is 11.4. The lowest BCUT2D eigenvalue weighted by Crippen LogP contribution is -2.15. The Morgan fingerprint density at radius 3 is 2.46 bits per heavy atom. The fourth-order valence-electron chi connectivity index (χ4n) is 5.39. The maximum atomic E-state index is 15.6. The molecule has 0 unspecified atom stereocenters. The molecule has 0 radical (unpaired) electrons. The zero-order valence-electron chi connectivity index (χ0n) is 24.1. The van der Waals surface area contributed by atoms with Crippen LogP contribution in [0.15, 0.2) is 66.7 Å². The van der Waals surface area contributed by atoms with Gasteiger partial charge in [-0.25, -0.2) is 36.7 Å². The lowest BCUT2D eigenvalue weighted by molar-refractivity contribution is 0.0697. The molecule has 3 aromatic carbocycles. The standard InChI is InChI=1S/C34H25F5N4O3/c35-24-12-19(32(38)39)4-5-21(24)17-46-31-3-1-2-27(42-31)23-16-25(36)22(13-26(23)37)15-30-41-28-7-6-20(33(44)45)14-29(28)43(30)18-34(8-9-34)10-11-40/h1-7,12-14,16,32H,8-10,15,17-18H2,(H,44,45). The summed E-state index contributed by atoms with van der Waals surface area (Å²) in [4.78, 5) is 20.5. The van der Waals surface area contributed by atoms with E-state index < -0.39 is 35.4 Å². The van der Waals surface area contributed by atoms with Gasteiger partial charge in [-0.3, -0.25) is 0 Å². The van der Waals surface area contributed by atoms with Gasteiger partial charge in [0.05, 0.1) is 28.4 Å². The molecule has 7 nitrogen and oxygen atoms in total. The molecule has 1 aliphatic carbocycles. The number of carboxylic acids is 1. The highest BCUT2D eigenvalue weighted by Crippen LogP contribution is 2.50. The number of aromatic nitrogens is 3. The van der Waals surface area contributed by atoms with Crippen LogP contribution in [0.25, 0.3) is 22.3 Å². The van der Waals surface area contributed by atoms with E-state index in [2.05, 4.69) is 16.0 Å². The summed E-state index contributed by atoms with van der Waals surface area (Å²) in [5, 5.41) is 18.8. The molecule has 46 heavy (non-hydrogen) atoms. The van der Waals surface area contributed by atoms with Crippen LogP contribution in [0.1, 0.15) is 58.6 Å². The summed E-state index contributed by atoms with van der Waals surface area (Å²) in [7, 11) is 0. The number of halogens is 5. The molecule has 0 bridgehead atoms. The summed E-state index contributed by atoms with van der Waals surface area (Å²) in [5.74, 6) is -3.10. The van der Waals surface area contributed by atoms with Crippen molar-refractivity contribution >= 4 is 17.0 Å². The highest BCUT2D eigenvalue weighted by molar-refractivity contribution is 5.92. The maximum Gasteiger partial charge on any atom is 0.335 e. The van der Waals surface area contributed by atoms with Gasteiger partial charge in [0.1, 0.15) is 29.9 Å². The van der Waals surface area contributed by atoms with Gasteiger partial charge in [-0.05, 0) is 60.9 Å². The van der Waals surface area contributed by atoms with Gasteiger partial charge in [0.25, 0.3) is 6.43 Å². The van der Waals surface area contributed by atoms with Gasteiger partial charge in [-0.1, -0.05) is 18.2 Å². The number of alkyl halides is 2. The SMILES string of the molecule is N#CCC1(Cn2c(Cc3cc(F)c(-c4cccc(OCc5ccc(C(F)F)cc5F)n4)cc3F)nc3ccc(C(=O)O)cc32)CC1.